The number of aliphatic imine (C=N–C) groups is 3. The quantitative estimate of drug-likeness (QED) is 0.0364. The molecule has 6 saturated carbocycles. The van der Waals surface area contributed by atoms with Gasteiger partial charge >= 0.3 is 0 Å². The highest BCUT2D eigenvalue weighted by atomic mass is 16.3. The maximum atomic E-state index is 15.5. The Labute approximate surface area is 480 Å². The van der Waals surface area contributed by atoms with E-state index in [1.165, 1.54) is 218 Å². The van der Waals surface area contributed by atoms with Crippen LogP contribution in [-0.2, 0) is 4.79 Å². The number of aromatic nitrogens is 2. The Hall–Kier alpha value is -3.70. The number of aliphatic hydroxyl groups excluding tert-OH is 1. The Balaban J connectivity index is 0.977. The minimum Gasteiger partial charge on any atom is -0.511 e. The molecule has 12 heteroatoms. The predicted octanol–water partition coefficient (Wildman–Crippen LogP) is 16.6. The van der Waals surface area contributed by atoms with Gasteiger partial charge in [-0.2, -0.15) is 20.0 Å². The number of hydrogen-bond acceptors (Lipinski definition) is 10. The molecule has 0 aromatic carbocycles. The second kappa shape index (κ2) is 32.8. The fraction of sp³-hybridized carbons (Fsp3) is 0.851. The van der Waals surface area contributed by atoms with E-state index in [4.69, 9.17) is 24.9 Å². The Kier molecular flexibility index (Phi) is 24.9. The highest BCUT2D eigenvalue weighted by molar-refractivity contribution is 6.34. The largest absolute Gasteiger partial charge is 0.511 e. The molecule has 0 amide bonds. The summed E-state index contributed by atoms with van der Waals surface area (Å²) in [6, 6.07) is 0. The number of unbranched alkanes of at least 4 members (excludes halogenated alkanes) is 6. The molecule has 8 aliphatic rings. The number of rotatable bonds is 35. The van der Waals surface area contributed by atoms with Crippen LogP contribution in [0.25, 0.3) is 5.57 Å². The van der Waals surface area contributed by atoms with E-state index in [9.17, 15) is 5.11 Å². The molecule has 1 aromatic rings. The zero-order valence-corrected chi connectivity index (χ0v) is 50.0. The van der Waals surface area contributed by atoms with E-state index in [2.05, 4.69) is 33.5 Å². The average Bonchev–Trinajstić information content (AvgIpc) is 4.50. The van der Waals surface area contributed by atoms with Gasteiger partial charge in [-0.1, -0.05) is 225 Å². The fourth-order valence-electron chi connectivity index (χ4n) is 15.9. The third kappa shape index (κ3) is 18.7. The number of aliphatic hydroxyl groups is 1. The van der Waals surface area contributed by atoms with E-state index in [0.717, 1.165) is 119 Å². The van der Waals surface area contributed by atoms with Crippen LogP contribution < -0.4 is 26.6 Å². The van der Waals surface area contributed by atoms with Crippen LogP contribution in [-0.4, -0.2) is 77.8 Å². The molecule has 9 rings (SSSR count). The van der Waals surface area contributed by atoms with Crippen molar-refractivity contribution in [1.29, 1.82) is 0 Å². The standard InChI is InChI=1S/C67H112N10O2/c1-49-40-41-55(48-49)39-17-21-45-71-65-59(64(70-44-20-14-36-52-28-6-7-29-52)76-67(77-65)73-47-23-16-38-54-32-10-11-33-54)57-60(78)56(61(57)79)58-62(68-42-18-12-34-50-24-2-3-25-50)74-66(72-46-22-15-37-53-30-8-9-31-53)75-63(58)69-43-19-13-35-51-26-4-5-27-51/h49-56,58,78H,2-48H2,1H3,(H2,68,69,72,74,75)(H3,70,71,73,76,77). The number of carbonyl (C=O) groups excluding carboxylic acids is 1. The lowest BCUT2D eigenvalue weighted by Crippen LogP contribution is -2.53. The van der Waals surface area contributed by atoms with Gasteiger partial charge in [0.25, 0.3) is 0 Å². The number of ketones is 1. The normalized spacial score (nSPS) is 24.5. The number of nitrogens with zero attached hydrogens (tertiary/aromatic N) is 5. The second-order valence-electron chi connectivity index (χ2n) is 27.0. The van der Waals surface area contributed by atoms with Gasteiger partial charge in [-0.3, -0.25) is 4.79 Å². The molecule has 79 heavy (non-hydrogen) atoms. The Bertz CT molecular complexity index is 2060. The summed E-state index contributed by atoms with van der Waals surface area (Å²) in [6.45, 7) is 6.91. The monoisotopic (exact) mass is 1090 g/mol. The van der Waals surface area contributed by atoms with Crippen molar-refractivity contribution in [3.05, 3.63) is 11.3 Å². The van der Waals surface area contributed by atoms with E-state index in [-0.39, 0.29) is 11.5 Å². The summed E-state index contributed by atoms with van der Waals surface area (Å²) in [5.74, 6) is 8.33. The van der Waals surface area contributed by atoms with Crippen molar-refractivity contribution in [3.63, 3.8) is 0 Å². The van der Waals surface area contributed by atoms with Gasteiger partial charge in [-0.25, -0.2) is 4.99 Å². The molecule has 6 fully saturated rings. The van der Waals surface area contributed by atoms with Crippen LogP contribution in [0.1, 0.15) is 276 Å². The first-order chi connectivity index (χ1) is 38.9. The van der Waals surface area contributed by atoms with Crippen molar-refractivity contribution in [2.45, 2.75) is 270 Å². The van der Waals surface area contributed by atoms with Crippen LogP contribution in [0, 0.1) is 53.3 Å². The Morgan fingerprint density at radius 1 is 0.443 bits per heavy atom. The number of allylic oxidation sites excluding steroid dienone is 2. The van der Waals surface area contributed by atoms with Gasteiger partial charge in [0.05, 0.1) is 23.0 Å². The van der Waals surface area contributed by atoms with Gasteiger partial charge in [0.15, 0.2) is 5.78 Å². The number of guanidine groups is 1. The summed E-state index contributed by atoms with van der Waals surface area (Å²) in [7, 11) is 0. The van der Waals surface area contributed by atoms with Gasteiger partial charge in [-0.05, 0) is 86.4 Å². The number of hydrogen-bond donors (Lipinski definition) is 6. The highest BCUT2D eigenvalue weighted by Crippen LogP contribution is 2.47. The van der Waals surface area contributed by atoms with E-state index in [1.54, 1.807) is 0 Å². The lowest BCUT2D eigenvalue weighted by molar-refractivity contribution is -0.119. The summed E-state index contributed by atoms with van der Waals surface area (Å²) < 4.78 is 0. The molecule has 1 aliphatic heterocycles. The van der Waals surface area contributed by atoms with Crippen LogP contribution in [0.2, 0.25) is 0 Å². The fourth-order valence-corrected chi connectivity index (χ4v) is 15.9. The van der Waals surface area contributed by atoms with Crippen molar-refractivity contribution >= 4 is 46.6 Å². The number of nitrogens with one attached hydrogen (secondary N) is 5. The van der Waals surface area contributed by atoms with Crippen molar-refractivity contribution < 1.29 is 9.90 Å². The molecule has 2 heterocycles. The average molecular weight is 1090 g/mol. The zero-order valence-electron chi connectivity index (χ0n) is 50.0. The van der Waals surface area contributed by atoms with Crippen LogP contribution in [0.3, 0.4) is 0 Å². The molecular weight excluding hydrogens is 977 g/mol. The van der Waals surface area contributed by atoms with Gasteiger partial charge in [-0.15, -0.1) is 0 Å². The minimum absolute atomic E-state index is 0.0904. The topological polar surface area (TPSA) is 160 Å². The Morgan fingerprint density at radius 2 is 0.823 bits per heavy atom. The highest BCUT2D eigenvalue weighted by Gasteiger charge is 2.51. The van der Waals surface area contributed by atoms with Crippen LogP contribution in [0.4, 0.5) is 17.6 Å². The molecule has 3 atom stereocenters. The first-order valence-corrected chi connectivity index (χ1v) is 34.3. The molecule has 7 aliphatic carbocycles. The number of amidine groups is 2. The molecule has 3 unspecified atom stereocenters. The van der Waals surface area contributed by atoms with Crippen LogP contribution >= 0.6 is 0 Å². The van der Waals surface area contributed by atoms with E-state index >= 15 is 4.79 Å². The molecule has 0 spiro atoms. The van der Waals surface area contributed by atoms with Crippen molar-refractivity contribution in [2.24, 2.45) is 68.2 Å². The van der Waals surface area contributed by atoms with Crippen LogP contribution in [0.5, 0.6) is 0 Å². The number of carbonyl (C=O) groups is 1. The molecular formula is C67H112N10O2. The number of anilines is 3. The molecule has 0 bridgehead atoms. The van der Waals surface area contributed by atoms with Gasteiger partial charge in [0.1, 0.15) is 29.1 Å². The summed E-state index contributed by atoms with van der Waals surface area (Å²) in [5, 5.41) is 31.5. The minimum atomic E-state index is -0.837. The zero-order chi connectivity index (χ0) is 54.3. The molecule has 442 valence electrons. The third-order valence-corrected chi connectivity index (χ3v) is 20.7. The van der Waals surface area contributed by atoms with Gasteiger partial charge in [0.2, 0.25) is 11.9 Å². The third-order valence-electron chi connectivity index (χ3n) is 20.7. The van der Waals surface area contributed by atoms with Gasteiger partial charge < -0.3 is 31.7 Å². The Morgan fingerprint density at radius 3 is 1.22 bits per heavy atom. The first kappa shape index (κ1) is 59.9. The predicted molar refractivity (Wildman–Crippen MR) is 332 cm³/mol. The maximum absolute atomic E-state index is 15.5. The summed E-state index contributed by atoms with van der Waals surface area (Å²) >= 11 is 0. The molecule has 0 saturated heterocycles. The van der Waals surface area contributed by atoms with Crippen molar-refractivity contribution in [2.75, 3.05) is 55.2 Å². The summed E-state index contributed by atoms with van der Waals surface area (Å²) in [6.07, 6.45) is 52.5. The molecule has 0 radical (unpaired) electrons. The smallest absolute Gasteiger partial charge is 0.248 e. The van der Waals surface area contributed by atoms with Crippen LogP contribution in [0.15, 0.2) is 20.7 Å². The lowest BCUT2D eigenvalue weighted by atomic mass is 9.70. The maximum Gasteiger partial charge on any atom is 0.248 e. The van der Waals surface area contributed by atoms with E-state index in [0.29, 0.717) is 52.9 Å². The van der Waals surface area contributed by atoms with Crippen molar-refractivity contribution in [1.82, 2.24) is 20.6 Å². The van der Waals surface area contributed by atoms with E-state index in [1.807, 2.05) is 0 Å². The van der Waals surface area contributed by atoms with Crippen molar-refractivity contribution in [3.8, 4) is 0 Å². The molecule has 12 nitrogen and oxygen atoms in total. The molecule has 1 aromatic heterocycles. The molecule has 6 N–H and O–H groups in total. The SMILES string of the molecule is CC1CCC(CCCCNc2nc(NCCCCC3CCCC3)nc(NCCCCC3CCCC3)c2C2=C(O)C(C3C(NCCCCC4CCCC4)=NC(=NCCCCC4CCCC4)N=C3NCCCCC3CCCC3)C2=O)C1. The first-order valence-electron chi connectivity index (χ1n) is 34.3. The lowest BCUT2D eigenvalue weighted by Gasteiger charge is -2.37. The van der Waals surface area contributed by atoms with E-state index < -0.39 is 11.8 Å². The summed E-state index contributed by atoms with van der Waals surface area (Å²) in [5.41, 5.74) is 0.941. The second-order valence-corrected chi connectivity index (χ2v) is 27.0. The summed E-state index contributed by atoms with van der Waals surface area (Å²) in [4.78, 5) is 41.4. The van der Waals surface area contributed by atoms with Gasteiger partial charge in [0, 0.05) is 39.3 Å². The number of Topliss-reactive ketones (excluding diaryl/α,β-unsaturated/α-hetero) is 1.